The Bertz CT molecular complexity index is 297. The van der Waals surface area contributed by atoms with Gasteiger partial charge in [-0.15, -0.1) is 0 Å². The molecule has 0 aliphatic heterocycles. The molecule has 7 heteroatoms. The number of hydrogen-bond acceptors (Lipinski definition) is 3. The number of carboxylic acids is 2. The molecule has 0 aromatic carbocycles. The number of unbranched alkanes of at least 4 members (excludes halogenated alkanes) is 4. The van der Waals surface area contributed by atoms with Crippen molar-refractivity contribution in [3.8, 4) is 0 Å². The van der Waals surface area contributed by atoms with Crippen LogP contribution in [-0.4, -0.2) is 62.5 Å². The van der Waals surface area contributed by atoms with Crippen molar-refractivity contribution in [2.24, 2.45) is 0 Å². The van der Waals surface area contributed by atoms with Crippen LogP contribution in [0.3, 0.4) is 0 Å². The quantitative estimate of drug-likeness (QED) is 0.193. The SMILES string of the molecule is CC(=O)O.CC(=O)O.CCC[CH2][SnH2][O][Sn]([CH2]CCC)([CH2]CCC)[CH2]CCC. The van der Waals surface area contributed by atoms with Crippen molar-refractivity contribution in [1.29, 1.82) is 0 Å². The van der Waals surface area contributed by atoms with Gasteiger partial charge in [0.05, 0.1) is 0 Å². The number of aliphatic carboxylic acids is 2. The molecule has 2 N–H and O–H groups in total. The van der Waals surface area contributed by atoms with Gasteiger partial charge in [0.1, 0.15) is 0 Å². The van der Waals surface area contributed by atoms with Gasteiger partial charge >= 0.3 is 139 Å². The van der Waals surface area contributed by atoms with Crippen LogP contribution >= 0.6 is 0 Å². The summed E-state index contributed by atoms with van der Waals surface area (Å²) in [6.07, 6.45) is 11.2. The normalized spacial score (nSPS) is 10.7. The van der Waals surface area contributed by atoms with Gasteiger partial charge in [0.25, 0.3) is 11.9 Å². The second-order valence-electron chi connectivity index (χ2n) is 7.09. The molecule has 5 nitrogen and oxygen atoms in total. The van der Waals surface area contributed by atoms with Crippen molar-refractivity contribution >= 4 is 52.3 Å². The van der Waals surface area contributed by atoms with Crippen LogP contribution in [0.5, 0.6) is 0 Å². The van der Waals surface area contributed by atoms with E-state index in [9.17, 15) is 0 Å². The number of hydrogen-bond donors (Lipinski definition) is 2. The van der Waals surface area contributed by atoms with E-state index >= 15 is 0 Å². The zero-order valence-corrected chi connectivity index (χ0v) is 25.7. The zero-order valence-electron chi connectivity index (χ0n) is 18.8. The molecule has 164 valence electrons. The first kappa shape index (κ1) is 32.2. The van der Waals surface area contributed by atoms with Crippen LogP contribution < -0.4 is 0 Å². The molecule has 0 saturated carbocycles. The second-order valence-corrected chi connectivity index (χ2v) is 27.7. The molecule has 0 amide bonds. The molecular weight excluding hydrogens is 558 g/mol. The summed E-state index contributed by atoms with van der Waals surface area (Å²) < 4.78 is 13.0. The predicted octanol–water partition coefficient (Wildman–Crippen LogP) is 5.83. The first-order valence-electron chi connectivity index (χ1n) is 10.7. The molecule has 0 aromatic rings. The fraction of sp³-hybridized carbons (Fsp3) is 0.900. The molecule has 0 heterocycles. The van der Waals surface area contributed by atoms with Gasteiger partial charge in [0, 0.05) is 13.8 Å². The summed E-state index contributed by atoms with van der Waals surface area (Å²) >= 11 is -2.98. The van der Waals surface area contributed by atoms with E-state index in [1.807, 2.05) is 0 Å². The van der Waals surface area contributed by atoms with Crippen LogP contribution in [0.2, 0.25) is 17.7 Å². The van der Waals surface area contributed by atoms with Crippen molar-refractivity contribution in [3.63, 3.8) is 0 Å². The van der Waals surface area contributed by atoms with Crippen molar-refractivity contribution < 1.29 is 21.2 Å². The Morgan fingerprint density at radius 3 is 1.30 bits per heavy atom. The monoisotopic (exact) mass is 606 g/mol. The second kappa shape index (κ2) is 24.5. The van der Waals surface area contributed by atoms with Crippen molar-refractivity contribution in [2.45, 2.75) is 111 Å². The Hall–Kier alpha value is 0.497. The summed E-state index contributed by atoms with van der Waals surface area (Å²) in [6, 6.07) is 0. The number of carboxylic acid groups (broad SMARTS) is 2. The van der Waals surface area contributed by atoms with Gasteiger partial charge in [-0.25, -0.2) is 0 Å². The summed E-state index contributed by atoms with van der Waals surface area (Å²) in [6.45, 7) is 11.5. The van der Waals surface area contributed by atoms with Gasteiger partial charge in [-0.05, 0) is 0 Å². The molecular formula is C20H46O5Sn2. The first-order chi connectivity index (χ1) is 12.7. The molecule has 0 atom stereocenters. The van der Waals surface area contributed by atoms with Crippen LogP contribution in [0.25, 0.3) is 0 Å². The molecule has 0 bridgehead atoms. The van der Waals surface area contributed by atoms with Crippen LogP contribution in [-0.2, 0) is 11.0 Å². The van der Waals surface area contributed by atoms with Gasteiger partial charge in [-0.3, -0.25) is 9.59 Å². The third-order valence-electron chi connectivity index (χ3n) is 4.11. The van der Waals surface area contributed by atoms with Crippen LogP contribution in [0, 0.1) is 0 Å². The minimum atomic E-state index is -2.14. The Morgan fingerprint density at radius 2 is 1.04 bits per heavy atom. The fourth-order valence-electron chi connectivity index (χ4n) is 2.73. The standard InChI is InChI=1S/4C4H9.2C2H4O2.O.2Sn.2H/c4*1-3-4-2;2*1-2(3)4;;;;;/h4*1,3-4H2,2H3;2*1H3,(H,3,4);;;;;. The summed E-state index contributed by atoms with van der Waals surface area (Å²) in [5, 5.41) is 14.8. The van der Waals surface area contributed by atoms with Crippen LogP contribution in [0.4, 0.5) is 0 Å². The molecule has 27 heavy (non-hydrogen) atoms. The Labute approximate surface area is 183 Å². The third kappa shape index (κ3) is 31.4. The van der Waals surface area contributed by atoms with Crippen molar-refractivity contribution in [2.75, 3.05) is 0 Å². The van der Waals surface area contributed by atoms with Gasteiger partial charge in [-0.2, -0.15) is 0 Å². The maximum atomic E-state index is 9.00. The van der Waals surface area contributed by atoms with Gasteiger partial charge in [0.2, 0.25) is 0 Å². The molecule has 0 radical (unpaired) electrons. The number of rotatable bonds is 14. The number of carbonyl (C=O) groups is 2. The van der Waals surface area contributed by atoms with E-state index in [1.54, 1.807) is 0 Å². The van der Waals surface area contributed by atoms with Gasteiger partial charge < -0.3 is 10.2 Å². The predicted molar refractivity (Wildman–Crippen MR) is 121 cm³/mol. The summed E-state index contributed by atoms with van der Waals surface area (Å²) in [4.78, 5) is 18.0. The molecule has 0 aromatic heterocycles. The van der Waals surface area contributed by atoms with Gasteiger partial charge in [-0.1, -0.05) is 0 Å². The third-order valence-corrected chi connectivity index (χ3v) is 35.2. The van der Waals surface area contributed by atoms with E-state index < -0.39 is 52.3 Å². The van der Waals surface area contributed by atoms with Crippen LogP contribution in [0.1, 0.15) is 92.9 Å². The van der Waals surface area contributed by atoms with E-state index in [4.69, 9.17) is 21.2 Å². The zero-order chi connectivity index (χ0) is 21.6. The molecule has 0 rings (SSSR count). The molecule has 0 fully saturated rings. The molecule has 0 aliphatic rings. The maximum absolute atomic E-state index is 9.00. The first-order valence-corrected chi connectivity index (χ1v) is 22.5. The van der Waals surface area contributed by atoms with Crippen molar-refractivity contribution in [1.82, 2.24) is 0 Å². The average molecular weight is 604 g/mol. The summed E-state index contributed by atoms with van der Waals surface area (Å²) in [7, 11) is 0. The van der Waals surface area contributed by atoms with E-state index in [0.717, 1.165) is 13.8 Å². The van der Waals surface area contributed by atoms with E-state index in [1.165, 1.54) is 69.1 Å². The van der Waals surface area contributed by atoms with E-state index in [0.29, 0.717) is 0 Å². The average Bonchev–Trinajstić information content (AvgIpc) is 2.58. The fourth-order valence-corrected chi connectivity index (χ4v) is 37.7. The Morgan fingerprint density at radius 1 is 0.741 bits per heavy atom. The summed E-state index contributed by atoms with van der Waals surface area (Å²) in [5.41, 5.74) is 0. The minimum absolute atomic E-state index is 0.833. The molecule has 0 spiro atoms. The molecule has 0 unspecified atom stereocenters. The van der Waals surface area contributed by atoms with Gasteiger partial charge in [0.15, 0.2) is 0 Å². The molecule has 0 saturated heterocycles. The topological polar surface area (TPSA) is 83.8 Å². The Balaban J connectivity index is -0.000000603. The van der Waals surface area contributed by atoms with E-state index in [2.05, 4.69) is 27.7 Å². The Kier molecular flexibility index (Phi) is 29.2. The summed E-state index contributed by atoms with van der Waals surface area (Å²) in [5.74, 6) is -1.67. The van der Waals surface area contributed by atoms with E-state index in [-0.39, 0.29) is 0 Å². The van der Waals surface area contributed by atoms with Crippen LogP contribution in [0.15, 0.2) is 0 Å². The molecule has 0 aliphatic carbocycles. The van der Waals surface area contributed by atoms with Crippen molar-refractivity contribution in [3.05, 3.63) is 0 Å².